The lowest BCUT2D eigenvalue weighted by Gasteiger charge is -2.35. The van der Waals surface area contributed by atoms with Crippen molar-refractivity contribution in [2.75, 3.05) is 39.8 Å². The van der Waals surface area contributed by atoms with E-state index in [0.717, 1.165) is 5.56 Å². The van der Waals surface area contributed by atoms with Crippen molar-refractivity contribution in [2.24, 2.45) is 0 Å². The first-order valence-corrected chi connectivity index (χ1v) is 9.43. The molecule has 1 aliphatic heterocycles. The van der Waals surface area contributed by atoms with Crippen LogP contribution in [-0.4, -0.2) is 72.8 Å². The van der Waals surface area contributed by atoms with Crippen LogP contribution in [0.25, 0.3) is 0 Å². The van der Waals surface area contributed by atoms with Crippen LogP contribution >= 0.6 is 0 Å². The summed E-state index contributed by atoms with van der Waals surface area (Å²) in [5.41, 5.74) is 2.34. The first kappa shape index (κ1) is 21.2. The third kappa shape index (κ3) is 6.52. The number of ether oxygens (including phenoxy) is 1. The third-order valence-corrected chi connectivity index (χ3v) is 4.79. The minimum absolute atomic E-state index is 0.0462. The molecule has 1 saturated heterocycles. The molecular formula is C20H31N3O4. The number of nitrogens with zero attached hydrogens (tertiary/aromatic N) is 2. The quantitative estimate of drug-likeness (QED) is 0.762. The van der Waals surface area contributed by atoms with E-state index in [1.165, 1.54) is 5.56 Å². The van der Waals surface area contributed by atoms with E-state index in [4.69, 9.17) is 9.84 Å². The first-order valence-electron chi connectivity index (χ1n) is 9.43. The number of urea groups is 1. The number of aliphatic carboxylic acids is 1. The van der Waals surface area contributed by atoms with Crippen molar-refractivity contribution >= 4 is 12.0 Å². The maximum Gasteiger partial charge on any atom is 0.318 e. The second-order valence-corrected chi connectivity index (χ2v) is 7.52. The number of hydrogen-bond acceptors (Lipinski definition) is 4. The average Bonchev–Trinajstić information content (AvgIpc) is 2.61. The van der Waals surface area contributed by atoms with Gasteiger partial charge in [0.25, 0.3) is 0 Å². The van der Waals surface area contributed by atoms with E-state index in [1.807, 2.05) is 6.92 Å². The number of carbonyl (C=O) groups excluding carboxylic acids is 1. The summed E-state index contributed by atoms with van der Waals surface area (Å²) in [6, 6.07) is 8.11. The second kappa shape index (κ2) is 9.71. The molecule has 2 N–H and O–H groups in total. The smallest absolute Gasteiger partial charge is 0.318 e. The number of carbonyl (C=O) groups is 2. The van der Waals surface area contributed by atoms with Crippen LogP contribution in [-0.2, 0) is 9.53 Å². The number of carboxylic acid groups (broad SMARTS) is 1. The zero-order valence-corrected chi connectivity index (χ0v) is 16.6. The fraction of sp³-hybridized carbons (Fsp3) is 0.600. The largest absolute Gasteiger partial charge is 0.480 e. The highest BCUT2D eigenvalue weighted by Gasteiger charge is 2.26. The SMILES string of the molecule is CC(C)c1ccc(C(C)NC(=O)N2CCOC(CN(C)CC(=O)O)C2)cc1. The molecule has 1 heterocycles. The van der Waals surface area contributed by atoms with Crippen LogP contribution in [0.2, 0.25) is 0 Å². The molecule has 2 atom stereocenters. The molecule has 7 heteroatoms. The monoisotopic (exact) mass is 377 g/mol. The third-order valence-electron chi connectivity index (χ3n) is 4.79. The molecule has 1 aliphatic rings. The van der Waals surface area contributed by atoms with Gasteiger partial charge in [0.05, 0.1) is 25.3 Å². The Hall–Kier alpha value is -2.12. The summed E-state index contributed by atoms with van der Waals surface area (Å²) >= 11 is 0. The van der Waals surface area contributed by atoms with Crippen LogP contribution < -0.4 is 5.32 Å². The van der Waals surface area contributed by atoms with Crippen LogP contribution in [0.4, 0.5) is 4.79 Å². The van der Waals surface area contributed by atoms with Gasteiger partial charge in [-0.2, -0.15) is 0 Å². The first-order chi connectivity index (χ1) is 12.8. The molecule has 0 bridgehead atoms. The number of likely N-dealkylation sites (N-methyl/N-ethyl adjacent to an activating group) is 1. The molecule has 1 aromatic carbocycles. The van der Waals surface area contributed by atoms with E-state index in [-0.39, 0.29) is 24.7 Å². The summed E-state index contributed by atoms with van der Waals surface area (Å²) in [6.07, 6.45) is -0.186. The van der Waals surface area contributed by atoms with Crippen molar-refractivity contribution in [3.8, 4) is 0 Å². The van der Waals surface area contributed by atoms with Crippen molar-refractivity contribution in [1.82, 2.24) is 15.1 Å². The van der Waals surface area contributed by atoms with Gasteiger partial charge in [0.1, 0.15) is 0 Å². The van der Waals surface area contributed by atoms with Gasteiger partial charge >= 0.3 is 12.0 Å². The van der Waals surface area contributed by atoms with Gasteiger partial charge in [0, 0.05) is 19.6 Å². The molecule has 2 rings (SSSR count). The highest BCUT2D eigenvalue weighted by molar-refractivity contribution is 5.74. The van der Waals surface area contributed by atoms with Crippen LogP contribution in [0.3, 0.4) is 0 Å². The predicted octanol–water partition coefficient (Wildman–Crippen LogP) is 2.30. The van der Waals surface area contributed by atoms with E-state index in [9.17, 15) is 9.59 Å². The van der Waals surface area contributed by atoms with Crippen LogP contribution in [0.15, 0.2) is 24.3 Å². The molecule has 0 saturated carbocycles. The van der Waals surface area contributed by atoms with Crippen molar-refractivity contribution in [1.29, 1.82) is 0 Å². The van der Waals surface area contributed by atoms with Crippen LogP contribution in [0, 0.1) is 0 Å². The van der Waals surface area contributed by atoms with Gasteiger partial charge in [-0.05, 0) is 31.0 Å². The standard InChI is InChI=1S/C20H31N3O4/c1-14(2)16-5-7-17(8-6-16)15(3)21-20(26)23-9-10-27-18(12-23)11-22(4)13-19(24)25/h5-8,14-15,18H,9-13H2,1-4H3,(H,21,26)(H,24,25). The Morgan fingerprint density at radius 1 is 1.26 bits per heavy atom. The molecule has 0 spiro atoms. The van der Waals surface area contributed by atoms with E-state index in [2.05, 4.69) is 43.4 Å². The van der Waals surface area contributed by atoms with Crippen molar-refractivity contribution in [3.63, 3.8) is 0 Å². The van der Waals surface area contributed by atoms with Gasteiger partial charge in [-0.1, -0.05) is 38.1 Å². The molecule has 0 radical (unpaired) electrons. The Balaban J connectivity index is 1.87. The summed E-state index contributed by atoms with van der Waals surface area (Å²) in [7, 11) is 1.74. The van der Waals surface area contributed by atoms with E-state index >= 15 is 0 Å². The lowest BCUT2D eigenvalue weighted by atomic mass is 10.00. The lowest BCUT2D eigenvalue weighted by Crippen LogP contribution is -2.52. The number of hydrogen-bond donors (Lipinski definition) is 2. The number of benzene rings is 1. The summed E-state index contributed by atoms with van der Waals surface area (Å²) in [6.45, 7) is 8.15. The van der Waals surface area contributed by atoms with Gasteiger partial charge < -0.3 is 20.1 Å². The molecular weight excluding hydrogens is 346 g/mol. The summed E-state index contributed by atoms with van der Waals surface area (Å²) in [4.78, 5) is 26.8. The Bertz CT molecular complexity index is 633. The highest BCUT2D eigenvalue weighted by Crippen LogP contribution is 2.19. The topological polar surface area (TPSA) is 82.1 Å². The predicted molar refractivity (Wildman–Crippen MR) is 104 cm³/mol. The van der Waals surface area contributed by atoms with E-state index < -0.39 is 5.97 Å². The lowest BCUT2D eigenvalue weighted by molar-refractivity contribution is -0.138. The summed E-state index contributed by atoms with van der Waals surface area (Å²) < 4.78 is 5.68. The maximum atomic E-state index is 12.6. The molecule has 150 valence electrons. The number of nitrogens with one attached hydrogen (secondary N) is 1. The van der Waals surface area contributed by atoms with Gasteiger partial charge in [0.2, 0.25) is 0 Å². The minimum atomic E-state index is -0.875. The second-order valence-electron chi connectivity index (χ2n) is 7.52. The number of rotatable bonds is 7. The van der Waals surface area contributed by atoms with Gasteiger partial charge in [-0.3, -0.25) is 9.69 Å². The average molecular weight is 377 g/mol. The molecule has 0 aromatic heterocycles. The molecule has 7 nitrogen and oxygen atoms in total. The molecule has 27 heavy (non-hydrogen) atoms. The normalized spacial score (nSPS) is 18.6. The molecule has 1 aromatic rings. The van der Waals surface area contributed by atoms with E-state index in [0.29, 0.717) is 32.2 Å². The van der Waals surface area contributed by atoms with Gasteiger partial charge in [-0.15, -0.1) is 0 Å². The zero-order valence-electron chi connectivity index (χ0n) is 16.6. The van der Waals surface area contributed by atoms with Crippen molar-refractivity contribution < 1.29 is 19.4 Å². The van der Waals surface area contributed by atoms with Crippen molar-refractivity contribution in [2.45, 2.75) is 38.8 Å². The molecule has 2 unspecified atom stereocenters. The minimum Gasteiger partial charge on any atom is -0.480 e. The fourth-order valence-electron chi connectivity index (χ4n) is 3.19. The zero-order chi connectivity index (χ0) is 20.0. The Morgan fingerprint density at radius 3 is 2.48 bits per heavy atom. The van der Waals surface area contributed by atoms with Crippen molar-refractivity contribution in [3.05, 3.63) is 35.4 Å². The highest BCUT2D eigenvalue weighted by atomic mass is 16.5. The Morgan fingerprint density at radius 2 is 1.89 bits per heavy atom. The Labute approximate surface area is 161 Å². The summed E-state index contributed by atoms with van der Waals surface area (Å²) in [5.74, 6) is -0.395. The number of carboxylic acids is 1. The van der Waals surface area contributed by atoms with E-state index in [1.54, 1.807) is 16.8 Å². The summed E-state index contributed by atoms with van der Waals surface area (Å²) in [5, 5.41) is 11.9. The Kier molecular flexibility index (Phi) is 7.62. The number of morpholine rings is 1. The van der Waals surface area contributed by atoms with Crippen LogP contribution in [0.5, 0.6) is 0 Å². The fourth-order valence-corrected chi connectivity index (χ4v) is 3.19. The molecule has 1 fully saturated rings. The number of amides is 2. The van der Waals surface area contributed by atoms with Crippen LogP contribution in [0.1, 0.15) is 43.9 Å². The molecule has 2 amide bonds. The molecule has 0 aliphatic carbocycles. The maximum absolute atomic E-state index is 12.6. The van der Waals surface area contributed by atoms with Gasteiger partial charge in [-0.25, -0.2) is 4.79 Å². The van der Waals surface area contributed by atoms with Gasteiger partial charge in [0.15, 0.2) is 0 Å².